The molecular weight excluding hydrogens is 304 g/mol. The molecule has 0 radical (unpaired) electrons. The molecule has 0 amide bonds. The van der Waals surface area contributed by atoms with Crippen LogP contribution in [0, 0.1) is 20.2 Å². The van der Waals surface area contributed by atoms with E-state index in [0.717, 1.165) is 25.7 Å². The monoisotopic (exact) mass is 326 g/mol. The normalized spacial score (nSPS) is 11.7. The number of ether oxygens (including phenoxy) is 1. The van der Waals surface area contributed by atoms with Crippen LogP contribution in [0.3, 0.4) is 0 Å². The van der Waals surface area contributed by atoms with E-state index in [4.69, 9.17) is 4.74 Å². The minimum atomic E-state index is -0.980. The van der Waals surface area contributed by atoms with Crippen molar-refractivity contribution in [3.8, 4) is 5.75 Å². The van der Waals surface area contributed by atoms with Crippen LogP contribution >= 0.6 is 0 Å². The molecule has 0 spiro atoms. The molecule has 0 aliphatic carbocycles. The topological polar surface area (TPSA) is 105 Å². The molecule has 0 aromatic heterocycles. The Kier molecular flexibility index (Phi) is 7.79. The lowest BCUT2D eigenvalue weighted by Crippen LogP contribution is -2.12. The Morgan fingerprint density at radius 3 is 2.52 bits per heavy atom. The number of benzene rings is 1. The average molecular weight is 326 g/mol. The molecule has 0 saturated heterocycles. The third-order valence-electron chi connectivity index (χ3n) is 3.38. The quantitative estimate of drug-likeness (QED) is 0.345. The van der Waals surface area contributed by atoms with Gasteiger partial charge < -0.3 is 9.57 Å². The molecule has 0 heterocycles. The lowest BCUT2D eigenvalue weighted by Gasteiger charge is -2.15. The third kappa shape index (κ3) is 6.94. The molecule has 0 aliphatic heterocycles. The fourth-order valence-electron chi connectivity index (χ4n) is 2.18. The molecule has 1 aromatic carbocycles. The Hall–Kier alpha value is -2.38. The molecule has 23 heavy (non-hydrogen) atoms. The van der Waals surface area contributed by atoms with Crippen molar-refractivity contribution in [2.24, 2.45) is 0 Å². The van der Waals surface area contributed by atoms with E-state index in [2.05, 4.69) is 11.8 Å². The number of unbranched alkanes of at least 4 members (excludes halogenated alkanes) is 3. The van der Waals surface area contributed by atoms with Crippen LogP contribution in [0.4, 0.5) is 5.69 Å². The van der Waals surface area contributed by atoms with E-state index in [0.29, 0.717) is 5.75 Å². The van der Waals surface area contributed by atoms with Gasteiger partial charge in [-0.05, 0) is 31.9 Å². The molecule has 0 saturated carbocycles. The highest BCUT2D eigenvalue weighted by Crippen LogP contribution is 2.26. The summed E-state index contributed by atoms with van der Waals surface area (Å²) in [6.45, 7) is 3.60. The third-order valence-corrected chi connectivity index (χ3v) is 3.38. The highest BCUT2D eigenvalue weighted by Gasteiger charge is 2.17. The summed E-state index contributed by atoms with van der Waals surface area (Å²) in [5.74, 6) is 0.379. The number of nitro benzene ring substituents is 1. The van der Waals surface area contributed by atoms with Gasteiger partial charge in [0.25, 0.3) is 10.8 Å². The Morgan fingerprint density at radius 1 is 1.17 bits per heavy atom. The van der Waals surface area contributed by atoms with Gasteiger partial charge in [0.15, 0.2) is 0 Å². The van der Waals surface area contributed by atoms with Gasteiger partial charge in [0.05, 0.1) is 22.7 Å². The molecule has 0 aliphatic rings. The first-order valence-electron chi connectivity index (χ1n) is 7.65. The summed E-state index contributed by atoms with van der Waals surface area (Å²) in [6, 6.07) is 4.26. The molecule has 0 N–H and O–H groups in total. The maximum atomic E-state index is 11.1. The van der Waals surface area contributed by atoms with E-state index in [9.17, 15) is 20.2 Å². The van der Waals surface area contributed by atoms with Gasteiger partial charge in [-0.1, -0.05) is 26.2 Å². The van der Waals surface area contributed by atoms with Gasteiger partial charge in [-0.2, -0.15) is 0 Å². The van der Waals surface area contributed by atoms with Crippen molar-refractivity contribution in [3.63, 3.8) is 0 Å². The highest BCUT2D eigenvalue weighted by molar-refractivity contribution is 5.45. The minimum Gasteiger partial charge on any atom is -0.490 e. The first-order valence-corrected chi connectivity index (χ1v) is 7.65. The zero-order chi connectivity index (χ0) is 17.2. The van der Waals surface area contributed by atoms with Gasteiger partial charge in [0, 0.05) is 0 Å². The highest BCUT2D eigenvalue weighted by atomic mass is 16.9. The van der Waals surface area contributed by atoms with E-state index in [1.165, 1.54) is 18.6 Å². The SMILES string of the molecule is CCCCCCC(C)Oc1ccc(CO[N+](=O)[O-])c([N+](=O)[O-])c1. The van der Waals surface area contributed by atoms with Crippen LogP contribution in [0.1, 0.15) is 51.5 Å². The van der Waals surface area contributed by atoms with Crippen molar-refractivity contribution < 1.29 is 19.6 Å². The van der Waals surface area contributed by atoms with E-state index in [-0.39, 0.29) is 17.4 Å². The van der Waals surface area contributed by atoms with E-state index < -0.39 is 16.6 Å². The predicted molar refractivity (Wildman–Crippen MR) is 83.7 cm³/mol. The van der Waals surface area contributed by atoms with Crippen molar-refractivity contribution in [1.82, 2.24) is 0 Å². The Bertz CT molecular complexity index is 535. The van der Waals surface area contributed by atoms with Crippen LogP contribution in [-0.4, -0.2) is 16.1 Å². The Labute approximate surface area is 134 Å². The summed E-state index contributed by atoms with van der Waals surface area (Å²) in [6.07, 6.45) is 5.36. The minimum absolute atomic E-state index is 0.0488. The second-order valence-electron chi connectivity index (χ2n) is 5.32. The predicted octanol–water partition coefficient (Wildman–Crippen LogP) is 4.04. The Balaban J connectivity index is 2.67. The van der Waals surface area contributed by atoms with Crippen LogP contribution in [-0.2, 0) is 11.4 Å². The summed E-state index contributed by atoms with van der Waals surface area (Å²) in [5.41, 5.74) is -0.114. The first kappa shape index (κ1) is 18.7. The number of nitrogens with zero attached hydrogens (tertiary/aromatic N) is 2. The summed E-state index contributed by atoms with van der Waals surface area (Å²) in [4.78, 5) is 24.9. The fourth-order valence-corrected chi connectivity index (χ4v) is 2.18. The Morgan fingerprint density at radius 2 is 1.91 bits per heavy atom. The smallest absolute Gasteiger partial charge is 0.294 e. The van der Waals surface area contributed by atoms with Gasteiger partial charge in [-0.3, -0.25) is 10.1 Å². The molecule has 1 unspecified atom stereocenters. The van der Waals surface area contributed by atoms with Gasteiger partial charge in [-0.15, -0.1) is 10.1 Å². The van der Waals surface area contributed by atoms with E-state index >= 15 is 0 Å². The summed E-state index contributed by atoms with van der Waals surface area (Å²) in [5, 5.41) is 20.3. The standard InChI is InChI=1S/C15H22N2O6/c1-3-4-5-6-7-12(2)23-14-9-8-13(11-22-17(20)21)15(10-14)16(18)19/h8-10,12H,3-7,11H2,1-2H3. The van der Waals surface area contributed by atoms with Gasteiger partial charge in [0.2, 0.25) is 0 Å². The molecule has 0 fully saturated rings. The van der Waals surface area contributed by atoms with Crippen LogP contribution in [0.15, 0.2) is 18.2 Å². The average Bonchev–Trinajstić information content (AvgIpc) is 2.50. The zero-order valence-corrected chi connectivity index (χ0v) is 13.4. The van der Waals surface area contributed by atoms with Crippen LogP contribution in [0.5, 0.6) is 5.75 Å². The number of hydrogen-bond donors (Lipinski definition) is 0. The summed E-state index contributed by atoms with van der Waals surface area (Å²) < 4.78 is 5.69. The zero-order valence-electron chi connectivity index (χ0n) is 13.4. The van der Waals surface area contributed by atoms with E-state index in [1.54, 1.807) is 6.07 Å². The maximum absolute atomic E-state index is 11.1. The van der Waals surface area contributed by atoms with Gasteiger partial charge in [-0.25, -0.2) is 0 Å². The number of hydrogen-bond acceptors (Lipinski definition) is 6. The van der Waals surface area contributed by atoms with Crippen LogP contribution in [0.25, 0.3) is 0 Å². The van der Waals surface area contributed by atoms with Crippen molar-refractivity contribution in [2.45, 2.75) is 58.7 Å². The van der Waals surface area contributed by atoms with Crippen molar-refractivity contribution >= 4 is 5.69 Å². The molecule has 128 valence electrons. The van der Waals surface area contributed by atoms with Crippen molar-refractivity contribution in [2.75, 3.05) is 0 Å². The lowest BCUT2D eigenvalue weighted by atomic mass is 10.1. The molecule has 1 aromatic rings. The lowest BCUT2D eigenvalue weighted by molar-refractivity contribution is -0.763. The second-order valence-corrected chi connectivity index (χ2v) is 5.32. The molecule has 8 heteroatoms. The van der Waals surface area contributed by atoms with Crippen LogP contribution < -0.4 is 4.74 Å². The second kappa shape index (κ2) is 9.60. The largest absolute Gasteiger partial charge is 0.490 e. The summed E-state index contributed by atoms with van der Waals surface area (Å²) in [7, 11) is 0. The van der Waals surface area contributed by atoms with E-state index in [1.807, 2.05) is 6.92 Å². The van der Waals surface area contributed by atoms with Gasteiger partial charge >= 0.3 is 0 Å². The van der Waals surface area contributed by atoms with Gasteiger partial charge in [0.1, 0.15) is 12.4 Å². The summed E-state index contributed by atoms with van der Waals surface area (Å²) >= 11 is 0. The van der Waals surface area contributed by atoms with Crippen molar-refractivity contribution in [1.29, 1.82) is 0 Å². The molecular formula is C15H22N2O6. The number of nitro groups is 1. The van der Waals surface area contributed by atoms with Crippen molar-refractivity contribution in [3.05, 3.63) is 44.0 Å². The molecule has 1 atom stereocenters. The molecule has 1 rings (SSSR count). The molecule has 0 bridgehead atoms. The van der Waals surface area contributed by atoms with Crippen LogP contribution in [0.2, 0.25) is 0 Å². The molecule has 8 nitrogen and oxygen atoms in total. The fraction of sp³-hybridized carbons (Fsp3) is 0.600. The maximum Gasteiger partial charge on any atom is 0.294 e. The first-order chi connectivity index (χ1) is 10.9. The number of rotatable bonds is 11.